The van der Waals surface area contributed by atoms with E-state index in [-0.39, 0.29) is 56.1 Å². The third-order valence-corrected chi connectivity index (χ3v) is 7.17. The number of nitrogens with one attached hydrogen (secondary N) is 2. The van der Waals surface area contributed by atoms with Crippen LogP contribution in [-0.2, 0) is 27.1 Å². The van der Waals surface area contributed by atoms with E-state index >= 15 is 0 Å². The van der Waals surface area contributed by atoms with E-state index in [1.165, 1.54) is 35.4 Å². The van der Waals surface area contributed by atoms with Crippen molar-refractivity contribution in [3.05, 3.63) is 65.5 Å². The lowest BCUT2D eigenvalue weighted by Crippen LogP contribution is -2.58. The summed E-state index contributed by atoms with van der Waals surface area (Å²) in [6.07, 6.45) is 1.63. The van der Waals surface area contributed by atoms with Crippen LogP contribution in [-0.4, -0.2) is 72.1 Å². The van der Waals surface area contributed by atoms with E-state index in [0.29, 0.717) is 18.5 Å². The average molecular weight is 498 g/mol. The van der Waals surface area contributed by atoms with Crippen LogP contribution >= 0.6 is 0 Å². The quantitative estimate of drug-likeness (QED) is 0.603. The number of aliphatic hydroxyl groups excluding tert-OH is 1. The lowest BCUT2D eigenvalue weighted by atomic mass is 9.95. The maximum atomic E-state index is 13.2. The summed E-state index contributed by atoms with van der Waals surface area (Å²) in [4.78, 5) is 27.5. The first-order valence-electron chi connectivity index (χ1n) is 12.5. The van der Waals surface area contributed by atoms with Gasteiger partial charge in [-0.3, -0.25) is 4.79 Å². The number of ether oxygens (including phenoxy) is 2. The minimum Gasteiger partial charge on any atom is -0.389 e. The molecular weight excluding hydrogens is 465 g/mol. The number of benzene rings is 2. The second-order valence-electron chi connectivity index (χ2n) is 9.87. The first kappa shape index (κ1) is 24.7. The lowest BCUT2D eigenvalue weighted by molar-refractivity contribution is -0.150. The van der Waals surface area contributed by atoms with E-state index in [2.05, 4.69) is 22.8 Å². The van der Waals surface area contributed by atoms with E-state index in [1.807, 2.05) is 12.1 Å². The zero-order valence-corrected chi connectivity index (χ0v) is 20.1. The average Bonchev–Trinajstić information content (AvgIpc) is 3.25. The molecule has 8 nitrogen and oxygen atoms in total. The molecule has 3 N–H and O–H groups in total. The first-order chi connectivity index (χ1) is 17.4. The van der Waals surface area contributed by atoms with Crippen molar-refractivity contribution < 1.29 is 28.6 Å². The highest BCUT2D eigenvalue weighted by atomic mass is 19.1. The van der Waals surface area contributed by atoms with Crippen LogP contribution < -0.4 is 10.6 Å². The highest BCUT2D eigenvalue weighted by Crippen LogP contribution is 2.29. The van der Waals surface area contributed by atoms with Crippen molar-refractivity contribution in [3.63, 3.8) is 0 Å². The molecule has 0 spiro atoms. The molecule has 1 aliphatic carbocycles. The molecule has 2 saturated heterocycles. The molecule has 0 unspecified atom stereocenters. The van der Waals surface area contributed by atoms with Crippen LogP contribution in [0.4, 0.5) is 14.9 Å². The number of carbonyl (C=O) groups is 2. The smallest absolute Gasteiger partial charge is 0.322 e. The number of amides is 3. The van der Waals surface area contributed by atoms with Gasteiger partial charge in [0.15, 0.2) is 0 Å². The monoisotopic (exact) mass is 497 g/mol. The Morgan fingerprint density at radius 3 is 2.47 bits per heavy atom. The molecule has 2 aliphatic heterocycles. The molecule has 3 aliphatic rings. The predicted molar refractivity (Wildman–Crippen MR) is 131 cm³/mol. The number of fused-ring (bicyclic) bond motifs is 2. The van der Waals surface area contributed by atoms with Gasteiger partial charge in [-0.05, 0) is 61.1 Å². The fourth-order valence-electron chi connectivity index (χ4n) is 5.46. The summed E-state index contributed by atoms with van der Waals surface area (Å²) in [6, 6.07) is 13.2. The Kier molecular flexibility index (Phi) is 7.50. The van der Waals surface area contributed by atoms with Gasteiger partial charge in [-0.2, -0.15) is 0 Å². The van der Waals surface area contributed by atoms with Crippen LogP contribution in [0.3, 0.4) is 0 Å². The van der Waals surface area contributed by atoms with Crippen molar-refractivity contribution in [2.45, 2.75) is 62.5 Å². The third kappa shape index (κ3) is 5.86. The summed E-state index contributed by atoms with van der Waals surface area (Å²) in [5, 5.41) is 16.2. The second kappa shape index (κ2) is 10.9. The summed E-state index contributed by atoms with van der Waals surface area (Å²) >= 11 is 0. The van der Waals surface area contributed by atoms with E-state index in [0.717, 1.165) is 12.8 Å². The van der Waals surface area contributed by atoms with Crippen LogP contribution in [0.15, 0.2) is 48.5 Å². The van der Waals surface area contributed by atoms with Crippen molar-refractivity contribution in [1.82, 2.24) is 10.2 Å². The number of urea groups is 1. The molecule has 0 bridgehead atoms. The number of anilines is 1. The topological polar surface area (TPSA) is 100 Å². The van der Waals surface area contributed by atoms with Crippen LogP contribution in [0, 0.1) is 5.82 Å². The molecule has 2 aromatic carbocycles. The minimum absolute atomic E-state index is 0.0376. The predicted octanol–water partition coefficient (Wildman–Crippen LogP) is 2.64. The van der Waals surface area contributed by atoms with Crippen LogP contribution in [0.2, 0.25) is 0 Å². The SMILES string of the molecule is O=C(C[C@H]1CC[C@H]2[C@@H](COC[C@H](O)CN2C(=O)Nc2ccc(F)cc2)O1)NC1Cc2ccccc2C1. The van der Waals surface area contributed by atoms with Gasteiger partial charge < -0.3 is 30.1 Å². The summed E-state index contributed by atoms with van der Waals surface area (Å²) in [5.41, 5.74) is 3.03. The fraction of sp³-hybridized carbons (Fsp3) is 0.481. The molecule has 192 valence electrons. The molecule has 4 atom stereocenters. The van der Waals surface area contributed by atoms with Crippen molar-refractivity contribution in [2.24, 2.45) is 0 Å². The number of hydrogen-bond acceptors (Lipinski definition) is 5. The molecular formula is C27H32FN3O5. The van der Waals surface area contributed by atoms with Gasteiger partial charge >= 0.3 is 6.03 Å². The number of hydrogen-bond donors (Lipinski definition) is 3. The molecule has 5 rings (SSSR count). The Balaban J connectivity index is 1.18. The number of rotatable bonds is 4. The molecule has 2 heterocycles. The Morgan fingerprint density at radius 2 is 1.75 bits per heavy atom. The normalized spacial score (nSPS) is 26.3. The molecule has 3 amide bonds. The molecule has 9 heteroatoms. The number of β-amino-alcohol motifs (C(OH)–C–C–N with tert-alkyl or cyclic N) is 1. The van der Waals surface area contributed by atoms with Crippen molar-refractivity contribution in [2.75, 3.05) is 25.1 Å². The molecule has 0 saturated carbocycles. The Morgan fingerprint density at radius 1 is 1.03 bits per heavy atom. The fourth-order valence-corrected chi connectivity index (χ4v) is 5.46. The number of nitrogens with zero attached hydrogens (tertiary/aromatic N) is 1. The number of aliphatic hydroxyl groups is 1. The third-order valence-electron chi connectivity index (χ3n) is 7.17. The van der Waals surface area contributed by atoms with Gasteiger partial charge in [0, 0.05) is 11.7 Å². The zero-order chi connectivity index (χ0) is 25.1. The standard InChI is InChI=1S/C27H32FN3O5/c28-19-5-7-20(8-6-19)30-27(34)31-14-22(32)15-35-16-25-24(31)10-9-23(36-25)13-26(33)29-21-11-17-3-1-2-4-18(17)12-21/h1-8,21-25,32H,9-16H2,(H,29,33)(H,30,34)/t22-,23-,24+,25-/m1/s1. The summed E-state index contributed by atoms with van der Waals surface area (Å²) in [7, 11) is 0. The van der Waals surface area contributed by atoms with E-state index in [4.69, 9.17) is 9.47 Å². The number of carbonyl (C=O) groups excluding carboxylic acids is 2. The maximum absolute atomic E-state index is 13.2. The molecule has 36 heavy (non-hydrogen) atoms. The Labute approximate surface area is 209 Å². The number of halogens is 1. The molecule has 0 radical (unpaired) electrons. The van der Waals surface area contributed by atoms with Crippen LogP contribution in [0.5, 0.6) is 0 Å². The van der Waals surface area contributed by atoms with E-state index < -0.39 is 18.2 Å². The van der Waals surface area contributed by atoms with Gasteiger partial charge in [0.1, 0.15) is 11.9 Å². The first-order valence-corrected chi connectivity index (χ1v) is 12.5. The van der Waals surface area contributed by atoms with Gasteiger partial charge in [0.2, 0.25) is 5.91 Å². The van der Waals surface area contributed by atoms with Crippen molar-refractivity contribution in [1.29, 1.82) is 0 Å². The molecule has 2 fully saturated rings. The largest absolute Gasteiger partial charge is 0.389 e. The highest BCUT2D eigenvalue weighted by molar-refractivity contribution is 5.89. The molecule has 2 aromatic rings. The maximum Gasteiger partial charge on any atom is 0.322 e. The second-order valence-corrected chi connectivity index (χ2v) is 9.87. The lowest BCUT2D eigenvalue weighted by Gasteiger charge is -2.44. The van der Waals surface area contributed by atoms with Crippen LogP contribution in [0.25, 0.3) is 0 Å². The minimum atomic E-state index is -0.830. The van der Waals surface area contributed by atoms with Crippen LogP contribution in [0.1, 0.15) is 30.4 Å². The van der Waals surface area contributed by atoms with Crippen molar-refractivity contribution >= 4 is 17.6 Å². The van der Waals surface area contributed by atoms with E-state index in [1.54, 1.807) is 4.90 Å². The molecule has 0 aromatic heterocycles. The van der Waals surface area contributed by atoms with Gasteiger partial charge in [0.25, 0.3) is 0 Å². The van der Waals surface area contributed by atoms with E-state index in [9.17, 15) is 19.1 Å². The summed E-state index contributed by atoms with van der Waals surface area (Å²) in [6.45, 7) is 0.392. The Bertz CT molecular complexity index is 1060. The highest BCUT2D eigenvalue weighted by Gasteiger charge is 2.40. The van der Waals surface area contributed by atoms with Gasteiger partial charge in [-0.25, -0.2) is 9.18 Å². The van der Waals surface area contributed by atoms with Gasteiger partial charge in [-0.1, -0.05) is 24.3 Å². The van der Waals surface area contributed by atoms with Gasteiger partial charge in [-0.15, -0.1) is 0 Å². The Hall–Kier alpha value is -3.01. The van der Waals surface area contributed by atoms with Crippen molar-refractivity contribution in [3.8, 4) is 0 Å². The summed E-state index contributed by atoms with van der Waals surface area (Å²) < 4.78 is 25.1. The zero-order valence-electron chi connectivity index (χ0n) is 20.1. The van der Waals surface area contributed by atoms with Gasteiger partial charge in [0.05, 0.1) is 44.4 Å². The summed E-state index contributed by atoms with van der Waals surface area (Å²) in [5.74, 6) is -0.426.